The van der Waals surface area contributed by atoms with Crippen LogP contribution in [-0.4, -0.2) is 27.2 Å². The van der Waals surface area contributed by atoms with Gasteiger partial charge in [-0.3, -0.25) is 14.7 Å². The molecule has 0 aliphatic heterocycles. The number of carbonyl (C=O) groups is 2. The molecule has 1 atom stereocenters. The number of aliphatic carboxylic acids is 1. The molecule has 0 saturated heterocycles. The van der Waals surface area contributed by atoms with Gasteiger partial charge in [0, 0.05) is 5.39 Å². The summed E-state index contributed by atoms with van der Waals surface area (Å²) >= 11 is 0. The third kappa shape index (κ3) is 2.98. The largest absolute Gasteiger partial charge is 0.480 e. The van der Waals surface area contributed by atoms with Crippen molar-refractivity contribution in [1.29, 1.82) is 0 Å². The van der Waals surface area contributed by atoms with Crippen LogP contribution in [0.15, 0.2) is 48.7 Å². The van der Waals surface area contributed by atoms with Crippen LogP contribution in [0.1, 0.15) is 23.6 Å². The summed E-state index contributed by atoms with van der Waals surface area (Å²) in [5.74, 6) is -2.06. The Hall–Kier alpha value is -3.15. The second-order valence-corrected chi connectivity index (χ2v) is 6.12. The third-order valence-corrected chi connectivity index (χ3v) is 4.37. The summed E-state index contributed by atoms with van der Waals surface area (Å²) in [7, 11) is 0. The molecule has 6 heteroatoms. The van der Waals surface area contributed by atoms with Crippen LogP contribution >= 0.6 is 0 Å². The van der Waals surface area contributed by atoms with Crippen molar-refractivity contribution in [2.75, 3.05) is 0 Å². The molecule has 128 valence electrons. The number of esters is 1. The number of H-pyrrole nitrogens is 1. The molecule has 0 spiro atoms. The first-order chi connectivity index (χ1) is 11.9. The number of ether oxygens (including phenoxy) is 1. The zero-order valence-electron chi connectivity index (χ0n) is 13.9. The summed E-state index contributed by atoms with van der Waals surface area (Å²) in [6, 6.07) is 12.5. The normalized spacial score (nSPS) is 13.4. The van der Waals surface area contributed by atoms with Crippen molar-refractivity contribution in [2.45, 2.75) is 25.9 Å². The SMILES string of the molecule is Cc1cc([C@](C)(C(=O)O)C(=O)OCc2ccccc2)cc2cn[nH]c12. The van der Waals surface area contributed by atoms with E-state index in [1.165, 1.54) is 6.92 Å². The minimum Gasteiger partial charge on any atom is -0.480 e. The molecule has 3 rings (SSSR count). The number of nitrogens with zero attached hydrogens (tertiary/aromatic N) is 1. The number of nitrogens with one attached hydrogen (secondary N) is 1. The maximum atomic E-state index is 12.6. The number of fused-ring (bicyclic) bond motifs is 1. The molecule has 2 N–H and O–H groups in total. The second kappa shape index (κ2) is 6.39. The van der Waals surface area contributed by atoms with Gasteiger partial charge in [0.1, 0.15) is 6.61 Å². The Bertz CT molecular complexity index is 933. The maximum absolute atomic E-state index is 12.6. The van der Waals surface area contributed by atoms with E-state index >= 15 is 0 Å². The molecule has 0 aliphatic carbocycles. The van der Waals surface area contributed by atoms with Gasteiger partial charge in [0.2, 0.25) is 0 Å². The average molecular weight is 338 g/mol. The van der Waals surface area contributed by atoms with Crippen LogP contribution in [0.2, 0.25) is 0 Å². The number of carboxylic acid groups (broad SMARTS) is 1. The molecule has 1 aromatic heterocycles. The lowest BCUT2D eigenvalue weighted by Gasteiger charge is -2.24. The molecule has 25 heavy (non-hydrogen) atoms. The van der Waals surface area contributed by atoms with Crippen molar-refractivity contribution in [3.8, 4) is 0 Å². The Labute approximate surface area is 144 Å². The van der Waals surface area contributed by atoms with E-state index in [4.69, 9.17) is 4.74 Å². The van der Waals surface area contributed by atoms with Gasteiger partial charge in [0.25, 0.3) is 0 Å². The highest BCUT2D eigenvalue weighted by Gasteiger charge is 2.45. The Morgan fingerprint density at radius 2 is 1.96 bits per heavy atom. The van der Waals surface area contributed by atoms with Crippen LogP contribution in [-0.2, 0) is 26.3 Å². The first kappa shape index (κ1) is 16.7. The lowest BCUT2D eigenvalue weighted by atomic mass is 9.81. The molecule has 2 aromatic carbocycles. The number of rotatable bonds is 5. The van der Waals surface area contributed by atoms with Gasteiger partial charge in [-0.2, -0.15) is 5.10 Å². The maximum Gasteiger partial charge on any atom is 0.328 e. The minimum atomic E-state index is -1.80. The van der Waals surface area contributed by atoms with Gasteiger partial charge in [-0.25, -0.2) is 0 Å². The van der Waals surface area contributed by atoms with E-state index < -0.39 is 17.4 Å². The fourth-order valence-electron chi connectivity index (χ4n) is 2.72. The Morgan fingerprint density at radius 1 is 1.24 bits per heavy atom. The summed E-state index contributed by atoms with van der Waals surface area (Å²) < 4.78 is 5.30. The fourth-order valence-corrected chi connectivity index (χ4v) is 2.72. The summed E-state index contributed by atoms with van der Waals surface area (Å²) in [4.78, 5) is 24.6. The first-order valence-corrected chi connectivity index (χ1v) is 7.81. The Kier molecular flexibility index (Phi) is 4.27. The molecule has 0 unspecified atom stereocenters. The summed E-state index contributed by atoms with van der Waals surface area (Å²) in [6.45, 7) is 3.22. The van der Waals surface area contributed by atoms with Gasteiger partial charge in [-0.1, -0.05) is 36.4 Å². The van der Waals surface area contributed by atoms with Gasteiger partial charge in [0.15, 0.2) is 5.41 Å². The lowest BCUT2D eigenvalue weighted by molar-refractivity contribution is -0.161. The molecule has 0 amide bonds. The molecule has 1 heterocycles. The minimum absolute atomic E-state index is 0.0233. The molecule has 3 aromatic rings. The van der Waals surface area contributed by atoms with Gasteiger partial charge in [0.05, 0.1) is 11.7 Å². The standard InChI is InChI=1S/C19H18N2O4/c1-12-8-15(9-14-10-20-21-16(12)14)19(2,17(22)23)18(24)25-11-13-6-4-3-5-7-13/h3-10H,11H2,1-2H3,(H,20,21)(H,22,23)/t19-/m1/s1. The molecule has 6 nitrogen and oxygen atoms in total. The van der Waals surface area contributed by atoms with Crippen LogP contribution in [0.5, 0.6) is 0 Å². The highest BCUT2D eigenvalue weighted by molar-refractivity contribution is 6.05. The molecule has 0 aliphatic rings. The molecule has 0 radical (unpaired) electrons. The van der Waals surface area contributed by atoms with Crippen molar-refractivity contribution in [3.63, 3.8) is 0 Å². The summed E-state index contributed by atoms with van der Waals surface area (Å²) in [5, 5.41) is 17.3. The van der Waals surface area contributed by atoms with E-state index in [9.17, 15) is 14.7 Å². The number of hydrogen-bond donors (Lipinski definition) is 2. The van der Waals surface area contributed by atoms with E-state index in [1.807, 2.05) is 37.3 Å². The molecular weight excluding hydrogens is 320 g/mol. The third-order valence-electron chi connectivity index (χ3n) is 4.37. The summed E-state index contributed by atoms with van der Waals surface area (Å²) in [5.41, 5.74) is 0.988. The quantitative estimate of drug-likeness (QED) is 0.551. The van der Waals surface area contributed by atoms with Gasteiger partial charge in [-0.05, 0) is 36.6 Å². The number of aryl methyl sites for hydroxylation is 1. The number of carboxylic acids is 1. The van der Waals surface area contributed by atoms with E-state index in [0.717, 1.165) is 22.0 Å². The van der Waals surface area contributed by atoms with E-state index in [1.54, 1.807) is 18.3 Å². The molecule has 0 fully saturated rings. The van der Waals surface area contributed by atoms with E-state index in [2.05, 4.69) is 10.2 Å². The van der Waals surface area contributed by atoms with Crippen molar-refractivity contribution >= 4 is 22.8 Å². The van der Waals surface area contributed by atoms with Crippen molar-refractivity contribution in [2.24, 2.45) is 0 Å². The molecular formula is C19H18N2O4. The monoisotopic (exact) mass is 338 g/mol. The molecule has 0 saturated carbocycles. The van der Waals surface area contributed by atoms with E-state index in [-0.39, 0.29) is 6.61 Å². The number of carbonyl (C=O) groups excluding carboxylic acids is 1. The Morgan fingerprint density at radius 3 is 2.64 bits per heavy atom. The second-order valence-electron chi connectivity index (χ2n) is 6.12. The predicted octanol–water partition coefficient (Wildman–Crippen LogP) is 2.96. The van der Waals surface area contributed by atoms with Crippen molar-refractivity contribution in [1.82, 2.24) is 10.2 Å². The fraction of sp³-hybridized carbons (Fsp3) is 0.211. The zero-order valence-corrected chi connectivity index (χ0v) is 13.9. The number of benzene rings is 2. The number of aromatic amines is 1. The topological polar surface area (TPSA) is 92.3 Å². The Balaban J connectivity index is 1.94. The van der Waals surface area contributed by atoms with Crippen LogP contribution < -0.4 is 0 Å². The van der Waals surface area contributed by atoms with Crippen molar-refractivity contribution in [3.05, 3.63) is 65.4 Å². The van der Waals surface area contributed by atoms with Crippen molar-refractivity contribution < 1.29 is 19.4 Å². The van der Waals surface area contributed by atoms with Gasteiger partial charge in [-0.15, -0.1) is 0 Å². The van der Waals surface area contributed by atoms with Crippen LogP contribution in [0, 0.1) is 6.92 Å². The number of aromatic nitrogens is 2. The lowest BCUT2D eigenvalue weighted by Crippen LogP contribution is -2.42. The highest BCUT2D eigenvalue weighted by atomic mass is 16.5. The number of hydrogen-bond acceptors (Lipinski definition) is 4. The van der Waals surface area contributed by atoms with Gasteiger partial charge < -0.3 is 9.84 Å². The highest BCUT2D eigenvalue weighted by Crippen LogP contribution is 2.30. The first-order valence-electron chi connectivity index (χ1n) is 7.81. The zero-order chi connectivity index (χ0) is 18.0. The average Bonchev–Trinajstić information content (AvgIpc) is 3.08. The van der Waals surface area contributed by atoms with Crippen LogP contribution in [0.25, 0.3) is 10.9 Å². The predicted molar refractivity (Wildman–Crippen MR) is 92.1 cm³/mol. The van der Waals surface area contributed by atoms with Crippen LogP contribution in [0.3, 0.4) is 0 Å². The van der Waals surface area contributed by atoms with Crippen LogP contribution in [0.4, 0.5) is 0 Å². The summed E-state index contributed by atoms with van der Waals surface area (Å²) in [6.07, 6.45) is 1.60. The van der Waals surface area contributed by atoms with E-state index in [0.29, 0.717) is 5.56 Å². The van der Waals surface area contributed by atoms with Gasteiger partial charge >= 0.3 is 11.9 Å². The molecule has 0 bridgehead atoms. The smallest absolute Gasteiger partial charge is 0.328 e.